The third-order valence-electron chi connectivity index (χ3n) is 11.3. The number of carbonyl (C=O) groups excluding carboxylic acids is 2. The summed E-state index contributed by atoms with van der Waals surface area (Å²) in [5.41, 5.74) is 2.38. The van der Waals surface area contributed by atoms with Gasteiger partial charge in [-0.1, -0.05) is 97.6 Å². The standard InChI is InChI=1S/C51H72FN2O9PSi/c1-34(2)54-44-26-24-40(59-33-64(57,63-39-18-16-15-17-19-39)53-36(5)48(56)60-35(3)4)31-43(44)47(37-20-22-38(52)23-21-37)45(54)27-25-41-30-42(32-46(55)58-28-29-65(12,13)14)62-51(61-41,49(6,7)8)50(9,10)11/h15-27,31,34-36,41-42H,28-30,32-33H2,1-14H3,(H,53,57)/t36-,41+,42+,64?/m0/s1. The van der Waals surface area contributed by atoms with Crippen LogP contribution in [-0.4, -0.2) is 67.7 Å². The highest BCUT2D eigenvalue weighted by atomic mass is 31.2. The van der Waals surface area contributed by atoms with Gasteiger partial charge >= 0.3 is 19.5 Å². The average molecular weight is 935 g/mol. The normalized spacial score (nSPS) is 18.5. The number of benzene rings is 3. The van der Waals surface area contributed by atoms with Crippen molar-refractivity contribution in [3.8, 4) is 22.6 Å². The first-order valence-electron chi connectivity index (χ1n) is 22.8. The largest absolute Gasteiger partial charge is 0.481 e. The van der Waals surface area contributed by atoms with Crippen LogP contribution < -0.4 is 14.3 Å². The maximum absolute atomic E-state index is 14.5. The molecule has 65 heavy (non-hydrogen) atoms. The number of fused-ring (bicyclic) bond motifs is 1. The second kappa shape index (κ2) is 20.7. The van der Waals surface area contributed by atoms with Crippen molar-refractivity contribution in [3.63, 3.8) is 0 Å². The van der Waals surface area contributed by atoms with Crippen LogP contribution in [0.3, 0.4) is 0 Å². The fourth-order valence-electron chi connectivity index (χ4n) is 8.45. The summed E-state index contributed by atoms with van der Waals surface area (Å²) < 4.78 is 68.7. The Morgan fingerprint density at radius 2 is 1.57 bits per heavy atom. The Bertz CT molecular complexity index is 2310. The molecule has 1 unspecified atom stereocenters. The van der Waals surface area contributed by atoms with Gasteiger partial charge in [-0.15, -0.1) is 0 Å². The van der Waals surface area contributed by atoms with E-state index in [1.165, 1.54) is 12.1 Å². The molecule has 4 aromatic rings. The molecule has 1 fully saturated rings. The Morgan fingerprint density at radius 3 is 2.15 bits per heavy atom. The van der Waals surface area contributed by atoms with E-state index < -0.39 is 62.8 Å². The maximum Gasteiger partial charge on any atom is 0.354 e. The van der Waals surface area contributed by atoms with Crippen LogP contribution in [-0.2, 0) is 33.1 Å². The third-order valence-corrected chi connectivity index (χ3v) is 14.7. The van der Waals surface area contributed by atoms with E-state index in [0.29, 0.717) is 24.5 Å². The minimum atomic E-state index is -3.89. The lowest BCUT2D eigenvalue weighted by Crippen LogP contribution is -2.63. The van der Waals surface area contributed by atoms with Crippen molar-refractivity contribution in [2.75, 3.05) is 13.0 Å². The van der Waals surface area contributed by atoms with Gasteiger partial charge in [-0.2, -0.15) is 0 Å². The third kappa shape index (κ3) is 13.2. The van der Waals surface area contributed by atoms with Gasteiger partial charge in [-0.3, -0.25) is 14.2 Å². The number of rotatable bonds is 18. The maximum atomic E-state index is 14.5. The van der Waals surface area contributed by atoms with Gasteiger partial charge in [0.05, 0.1) is 31.3 Å². The Kier molecular flexibility index (Phi) is 16.5. The van der Waals surface area contributed by atoms with Crippen molar-refractivity contribution in [3.05, 3.63) is 90.4 Å². The summed E-state index contributed by atoms with van der Waals surface area (Å²) in [4.78, 5) is 26.1. The van der Waals surface area contributed by atoms with Crippen molar-refractivity contribution in [2.24, 2.45) is 10.8 Å². The van der Waals surface area contributed by atoms with Gasteiger partial charge in [0.1, 0.15) is 23.4 Å². The lowest BCUT2D eigenvalue weighted by atomic mass is 9.69. The van der Waals surface area contributed by atoms with Crippen molar-refractivity contribution >= 4 is 44.5 Å². The van der Waals surface area contributed by atoms with E-state index in [1.54, 1.807) is 57.2 Å². The number of hydrogen-bond acceptors (Lipinski definition) is 9. The summed E-state index contributed by atoms with van der Waals surface area (Å²) in [6.07, 6.45) is 2.93. The lowest BCUT2D eigenvalue weighted by molar-refractivity contribution is -0.389. The van der Waals surface area contributed by atoms with E-state index in [9.17, 15) is 18.5 Å². The van der Waals surface area contributed by atoms with Crippen LogP contribution in [0.15, 0.2) is 78.9 Å². The molecule has 0 saturated carbocycles. The molecule has 1 aromatic heterocycles. The van der Waals surface area contributed by atoms with E-state index in [2.05, 4.69) is 90.8 Å². The van der Waals surface area contributed by atoms with Crippen molar-refractivity contribution in [2.45, 2.75) is 151 Å². The molecule has 0 radical (unpaired) electrons. The van der Waals surface area contributed by atoms with E-state index >= 15 is 0 Å². The molecule has 11 nitrogen and oxygen atoms in total. The van der Waals surface area contributed by atoms with Crippen LogP contribution in [0.4, 0.5) is 4.39 Å². The minimum Gasteiger partial charge on any atom is -0.481 e. The summed E-state index contributed by atoms with van der Waals surface area (Å²) in [5, 5.41) is 3.68. The molecule has 356 valence electrons. The zero-order valence-electron chi connectivity index (χ0n) is 41.0. The highest BCUT2D eigenvalue weighted by Gasteiger charge is 2.58. The van der Waals surface area contributed by atoms with Crippen LogP contribution in [0, 0.1) is 16.6 Å². The van der Waals surface area contributed by atoms with Crippen LogP contribution >= 0.6 is 7.52 Å². The molecule has 0 amide bonds. The second-order valence-corrected chi connectivity index (χ2v) is 28.6. The molecule has 5 rings (SSSR count). The molecule has 3 aromatic carbocycles. The molecule has 1 aliphatic rings. The van der Waals surface area contributed by atoms with E-state index in [-0.39, 0.29) is 30.4 Å². The Morgan fingerprint density at radius 1 is 0.923 bits per heavy atom. The molecule has 2 heterocycles. The summed E-state index contributed by atoms with van der Waals surface area (Å²) in [6.45, 7) is 29.0. The number of hydrogen-bond donors (Lipinski definition) is 1. The molecule has 1 aliphatic heterocycles. The van der Waals surface area contributed by atoms with E-state index in [0.717, 1.165) is 33.8 Å². The fourth-order valence-corrected chi connectivity index (χ4v) is 10.8. The zero-order valence-corrected chi connectivity index (χ0v) is 42.8. The van der Waals surface area contributed by atoms with Gasteiger partial charge in [0.15, 0.2) is 12.1 Å². The van der Waals surface area contributed by atoms with Crippen LogP contribution in [0.25, 0.3) is 28.1 Å². The van der Waals surface area contributed by atoms with Crippen molar-refractivity contribution in [1.29, 1.82) is 0 Å². The van der Waals surface area contributed by atoms with E-state index in [1.807, 2.05) is 30.3 Å². The van der Waals surface area contributed by atoms with Gasteiger partial charge in [0, 0.05) is 53.5 Å². The van der Waals surface area contributed by atoms with Crippen molar-refractivity contribution in [1.82, 2.24) is 9.65 Å². The molecular formula is C51H72FN2O9PSi. The molecule has 4 atom stereocenters. The first-order chi connectivity index (χ1) is 30.2. The Hall–Kier alpha value is -4.26. The quantitative estimate of drug-likeness (QED) is 0.0586. The number of nitrogens with one attached hydrogen (secondary N) is 1. The number of para-hydroxylation sites is 1. The number of ether oxygens (including phenoxy) is 5. The summed E-state index contributed by atoms with van der Waals surface area (Å²) in [5.74, 6) is -1.54. The van der Waals surface area contributed by atoms with Crippen LogP contribution in [0.5, 0.6) is 11.5 Å². The Balaban J connectivity index is 1.56. The van der Waals surface area contributed by atoms with Crippen LogP contribution in [0.1, 0.15) is 101 Å². The van der Waals surface area contributed by atoms with Gasteiger partial charge in [0.2, 0.25) is 0 Å². The number of carbonyl (C=O) groups is 2. The predicted octanol–water partition coefficient (Wildman–Crippen LogP) is 12.8. The summed E-state index contributed by atoms with van der Waals surface area (Å²) >= 11 is 0. The zero-order chi connectivity index (χ0) is 48.1. The topological polar surface area (TPSA) is 124 Å². The SMILES string of the molecule is CC(C)OC(=O)[C@H](C)NP(=O)(COc1ccc2c(c1)c(-c1ccc(F)cc1)c(C=C[C@@H]1C[C@H](CC(=O)OCC[Si](C)(C)C)OC(C(C)(C)C)(C(C)(C)C)O1)n2C(C)C)Oc1ccccc1. The monoisotopic (exact) mass is 934 g/mol. The Labute approximate surface area is 387 Å². The molecule has 1 saturated heterocycles. The summed E-state index contributed by atoms with van der Waals surface area (Å²) in [6, 6.07) is 20.6. The van der Waals surface area contributed by atoms with Gasteiger partial charge in [-0.25, -0.2) is 9.48 Å². The van der Waals surface area contributed by atoms with Gasteiger partial charge in [0.25, 0.3) is 0 Å². The highest BCUT2D eigenvalue weighted by Crippen LogP contribution is 2.52. The molecule has 1 N–H and O–H groups in total. The van der Waals surface area contributed by atoms with E-state index in [4.69, 9.17) is 28.2 Å². The van der Waals surface area contributed by atoms with Crippen molar-refractivity contribution < 1.29 is 46.8 Å². The second-order valence-electron chi connectivity index (χ2n) is 20.9. The number of halogens is 1. The number of aromatic nitrogens is 1. The number of nitrogens with zero attached hydrogens (tertiary/aromatic N) is 1. The fraction of sp³-hybridized carbons (Fsp3) is 0.529. The highest BCUT2D eigenvalue weighted by molar-refractivity contribution is 7.57. The number of esters is 2. The molecule has 0 bridgehead atoms. The first kappa shape index (κ1) is 51.7. The molecular weight excluding hydrogens is 863 g/mol. The summed E-state index contributed by atoms with van der Waals surface area (Å²) in [7, 11) is -5.29. The van der Waals surface area contributed by atoms with Gasteiger partial charge in [-0.05, 0) is 94.8 Å². The molecule has 14 heteroatoms. The average Bonchev–Trinajstić information content (AvgIpc) is 3.52. The lowest BCUT2D eigenvalue weighted by Gasteiger charge is -2.57. The first-order valence-corrected chi connectivity index (χ1v) is 28.3. The molecule has 0 aliphatic carbocycles. The molecule has 0 spiro atoms. The predicted molar refractivity (Wildman–Crippen MR) is 260 cm³/mol. The smallest absolute Gasteiger partial charge is 0.354 e. The van der Waals surface area contributed by atoms with Crippen LogP contribution in [0.2, 0.25) is 25.7 Å². The van der Waals surface area contributed by atoms with Gasteiger partial charge < -0.3 is 32.8 Å². The minimum absolute atomic E-state index is 0.0218.